The van der Waals surface area contributed by atoms with E-state index < -0.39 is 0 Å². The molecule has 2 aliphatic carbocycles. The lowest BCUT2D eigenvalue weighted by Crippen LogP contribution is -2.13. The van der Waals surface area contributed by atoms with Gasteiger partial charge in [0.15, 0.2) is 0 Å². The smallest absolute Gasteiger partial charge is 0.0249 e. The van der Waals surface area contributed by atoms with Crippen LogP contribution < -0.4 is 0 Å². The van der Waals surface area contributed by atoms with E-state index >= 15 is 0 Å². The van der Waals surface area contributed by atoms with Crippen molar-refractivity contribution in [2.75, 3.05) is 0 Å². The van der Waals surface area contributed by atoms with Gasteiger partial charge in [-0.05, 0) is 86.0 Å². The maximum Gasteiger partial charge on any atom is 0.0249 e. The molecule has 0 bridgehead atoms. The summed E-state index contributed by atoms with van der Waals surface area (Å²) >= 11 is 0. The van der Waals surface area contributed by atoms with Gasteiger partial charge in [-0.25, -0.2) is 0 Å². The van der Waals surface area contributed by atoms with Crippen LogP contribution in [0.5, 0.6) is 0 Å². The quantitative estimate of drug-likeness (QED) is 0.449. The zero-order chi connectivity index (χ0) is 18.9. The summed E-state index contributed by atoms with van der Waals surface area (Å²) in [6, 6.07) is 9.17. The molecule has 0 aromatic heterocycles. The van der Waals surface area contributed by atoms with Crippen LogP contribution in [0.15, 0.2) is 35.9 Å². The Kier molecular flexibility index (Phi) is 8.07. The Hall–Kier alpha value is -1.48. The molecule has 27 heavy (non-hydrogen) atoms. The minimum absolute atomic E-state index is 0.779. The van der Waals surface area contributed by atoms with Gasteiger partial charge in [-0.15, -0.1) is 0 Å². The maximum atomic E-state index is 3.44. The summed E-state index contributed by atoms with van der Waals surface area (Å²) in [6.45, 7) is 4.60. The summed E-state index contributed by atoms with van der Waals surface area (Å²) in [6.07, 6.45) is 18.6. The van der Waals surface area contributed by atoms with E-state index in [9.17, 15) is 0 Å². The van der Waals surface area contributed by atoms with Crippen molar-refractivity contribution in [3.05, 3.63) is 47.0 Å². The fourth-order valence-corrected chi connectivity index (χ4v) is 4.94. The normalized spacial score (nSPS) is 25.4. The Labute approximate surface area is 167 Å². The highest BCUT2D eigenvalue weighted by atomic mass is 14.3. The third kappa shape index (κ3) is 6.27. The summed E-state index contributed by atoms with van der Waals surface area (Å²) in [5, 5.41) is 0. The van der Waals surface area contributed by atoms with Crippen molar-refractivity contribution in [2.45, 2.75) is 96.8 Å². The van der Waals surface area contributed by atoms with Gasteiger partial charge >= 0.3 is 0 Å². The summed E-state index contributed by atoms with van der Waals surface area (Å²) in [5.74, 6) is 9.51. The molecule has 0 saturated heterocycles. The monoisotopic (exact) mass is 362 g/mol. The van der Waals surface area contributed by atoms with Crippen LogP contribution in [0.4, 0.5) is 0 Å². The fourth-order valence-electron chi connectivity index (χ4n) is 4.94. The molecule has 1 fully saturated rings. The van der Waals surface area contributed by atoms with Crippen LogP contribution in [-0.4, -0.2) is 0 Å². The summed E-state index contributed by atoms with van der Waals surface area (Å²) in [7, 11) is 0. The number of allylic oxidation sites excluding steroid dienone is 2. The maximum absolute atomic E-state index is 3.44. The standard InChI is InChI=1S/C27H38/c1-3-5-7-23-14-18-26(19-15-23)27-20-16-25(17-21-27)13-12-24-10-8-22(6-4-2)9-11-24/h10,16-17,20-23,26H,3-9,11,14-15,18-19H2,1-2H3. The number of hydrogen-bond acceptors (Lipinski definition) is 0. The number of benzene rings is 1. The van der Waals surface area contributed by atoms with Crippen LogP contribution in [-0.2, 0) is 0 Å². The Morgan fingerprint density at radius 1 is 0.815 bits per heavy atom. The third-order valence-electron chi connectivity index (χ3n) is 6.78. The van der Waals surface area contributed by atoms with Crippen LogP contribution in [0.2, 0.25) is 0 Å². The Morgan fingerprint density at radius 2 is 1.59 bits per heavy atom. The lowest BCUT2D eigenvalue weighted by atomic mass is 9.77. The SMILES string of the molecule is CCCCC1CCC(c2ccc(C#CC3=CCC(CCC)CC3)cc2)CC1. The summed E-state index contributed by atoms with van der Waals surface area (Å²) in [4.78, 5) is 0. The molecule has 0 heteroatoms. The highest BCUT2D eigenvalue weighted by Gasteiger charge is 2.21. The second kappa shape index (κ2) is 10.8. The molecule has 0 N–H and O–H groups in total. The van der Waals surface area contributed by atoms with E-state index in [0.29, 0.717) is 0 Å². The van der Waals surface area contributed by atoms with Gasteiger partial charge in [-0.3, -0.25) is 0 Å². The molecule has 0 aliphatic heterocycles. The van der Waals surface area contributed by atoms with Crippen LogP contribution in [0.3, 0.4) is 0 Å². The minimum atomic E-state index is 0.779. The van der Waals surface area contributed by atoms with Gasteiger partial charge in [-0.2, -0.15) is 0 Å². The van der Waals surface area contributed by atoms with E-state index in [1.54, 1.807) is 0 Å². The van der Waals surface area contributed by atoms with Crippen LogP contribution in [0.1, 0.15) is 108 Å². The molecule has 0 spiro atoms. The first-order valence-electron chi connectivity index (χ1n) is 11.6. The van der Waals surface area contributed by atoms with E-state index in [4.69, 9.17) is 0 Å². The molecule has 0 heterocycles. The van der Waals surface area contributed by atoms with E-state index in [-0.39, 0.29) is 0 Å². The minimum Gasteiger partial charge on any atom is -0.0726 e. The van der Waals surface area contributed by atoms with Gasteiger partial charge in [0.1, 0.15) is 0 Å². The van der Waals surface area contributed by atoms with Crippen molar-refractivity contribution < 1.29 is 0 Å². The van der Waals surface area contributed by atoms with Crippen LogP contribution in [0, 0.1) is 23.7 Å². The molecule has 0 nitrogen and oxygen atoms in total. The molecule has 146 valence electrons. The fraction of sp³-hybridized carbons (Fsp3) is 0.630. The molecule has 3 rings (SSSR count). The summed E-state index contributed by atoms with van der Waals surface area (Å²) < 4.78 is 0. The van der Waals surface area contributed by atoms with Crippen LogP contribution >= 0.6 is 0 Å². The Bertz CT molecular complexity index is 644. The van der Waals surface area contributed by atoms with Gasteiger partial charge in [-0.1, -0.05) is 76.0 Å². The molecule has 2 aliphatic rings. The van der Waals surface area contributed by atoms with Gasteiger partial charge in [0.25, 0.3) is 0 Å². The number of unbranched alkanes of at least 4 members (excludes halogenated alkanes) is 1. The summed E-state index contributed by atoms with van der Waals surface area (Å²) in [5.41, 5.74) is 4.07. The van der Waals surface area contributed by atoms with Crippen molar-refractivity contribution in [2.24, 2.45) is 11.8 Å². The molecule has 1 aromatic rings. The first-order valence-corrected chi connectivity index (χ1v) is 11.6. The van der Waals surface area contributed by atoms with Crippen molar-refractivity contribution in [3.8, 4) is 11.8 Å². The van der Waals surface area contributed by atoms with Crippen molar-refractivity contribution in [3.63, 3.8) is 0 Å². The second-order valence-corrected chi connectivity index (χ2v) is 8.89. The largest absolute Gasteiger partial charge is 0.0726 e. The Balaban J connectivity index is 1.50. The first-order chi connectivity index (χ1) is 13.3. The van der Waals surface area contributed by atoms with Gasteiger partial charge < -0.3 is 0 Å². The average molecular weight is 363 g/mol. The zero-order valence-corrected chi connectivity index (χ0v) is 17.6. The van der Waals surface area contributed by atoms with E-state index in [1.807, 2.05) is 0 Å². The van der Waals surface area contributed by atoms with Gasteiger partial charge in [0.05, 0.1) is 0 Å². The van der Waals surface area contributed by atoms with E-state index in [2.05, 4.69) is 56.0 Å². The molecule has 0 amide bonds. The van der Waals surface area contributed by atoms with Gasteiger partial charge in [0, 0.05) is 5.56 Å². The highest BCUT2D eigenvalue weighted by molar-refractivity contribution is 5.42. The topological polar surface area (TPSA) is 0 Å². The van der Waals surface area contributed by atoms with Crippen molar-refractivity contribution >= 4 is 0 Å². The predicted octanol–water partition coefficient (Wildman–Crippen LogP) is 8.03. The molecular weight excluding hydrogens is 324 g/mol. The lowest BCUT2D eigenvalue weighted by Gasteiger charge is -2.28. The molecule has 1 atom stereocenters. The van der Waals surface area contributed by atoms with E-state index in [0.717, 1.165) is 17.8 Å². The van der Waals surface area contributed by atoms with Crippen molar-refractivity contribution in [1.29, 1.82) is 0 Å². The molecule has 1 aromatic carbocycles. The van der Waals surface area contributed by atoms with Crippen LogP contribution in [0.25, 0.3) is 0 Å². The second-order valence-electron chi connectivity index (χ2n) is 8.89. The third-order valence-corrected chi connectivity index (χ3v) is 6.78. The average Bonchev–Trinajstić information content (AvgIpc) is 2.73. The number of rotatable bonds is 6. The zero-order valence-electron chi connectivity index (χ0n) is 17.6. The molecule has 0 radical (unpaired) electrons. The van der Waals surface area contributed by atoms with E-state index in [1.165, 1.54) is 93.7 Å². The lowest BCUT2D eigenvalue weighted by molar-refractivity contribution is 0.304. The molecular formula is C27H38. The van der Waals surface area contributed by atoms with Gasteiger partial charge in [0.2, 0.25) is 0 Å². The molecule has 1 unspecified atom stereocenters. The highest BCUT2D eigenvalue weighted by Crippen LogP contribution is 2.37. The Morgan fingerprint density at radius 3 is 2.22 bits per heavy atom. The first kappa shape index (κ1) is 20.3. The number of hydrogen-bond donors (Lipinski definition) is 0. The van der Waals surface area contributed by atoms with Crippen molar-refractivity contribution in [1.82, 2.24) is 0 Å². The predicted molar refractivity (Wildman–Crippen MR) is 118 cm³/mol. The molecule has 1 saturated carbocycles.